The molecule has 0 aromatic carbocycles. The Morgan fingerprint density at radius 3 is 2.42 bits per heavy atom. The number of amides is 1. The zero-order valence-electron chi connectivity index (χ0n) is 10.6. The van der Waals surface area contributed by atoms with Gasteiger partial charge in [-0.05, 0) is 51.8 Å². The molecule has 0 saturated heterocycles. The molecule has 1 heterocycles. The molecule has 0 aliphatic carbocycles. The van der Waals surface area contributed by atoms with Gasteiger partial charge in [0.25, 0.3) is 5.91 Å². The van der Waals surface area contributed by atoms with Crippen molar-refractivity contribution in [1.82, 2.24) is 10.0 Å². The van der Waals surface area contributed by atoms with Crippen molar-refractivity contribution >= 4 is 59.1 Å². The first-order chi connectivity index (χ1) is 8.50. The molecule has 0 aliphatic rings. The number of rotatable bonds is 5. The smallest absolute Gasteiger partial charge is 0.253 e. The molecule has 1 rings (SSSR count). The standard InChI is InChI=1S/C10H14Br2N2O3S2/c1-10(2,14-19(3,16)17)5-13-9(15)6-4-7(11)18-8(6)12/h4,14H,5H2,1-3H3,(H,13,15). The summed E-state index contributed by atoms with van der Waals surface area (Å²) in [4.78, 5) is 12.0. The summed E-state index contributed by atoms with van der Waals surface area (Å²) in [6.45, 7) is 3.60. The molecule has 0 atom stereocenters. The maximum atomic E-state index is 12.0. The summed E-state index contributed by atoms with van der Waals surface area (Å²) >= 11 is 8.00. The van der Waals surface area contributed by atoms with E-state index in [0.29, 0.717) is 5.56 Å². The molecule has 1 amide bonds. The second-order valence-electron chi connectivity index (χ2n) is 4.68. The maximum absolute atomic E-state index is 12.0. The molecule has 1 aromatic heterocycles. The Kier molecular flexibility index (Phi) is 5.59. The van der Waals surface area contributed by atoms with Crippen LogP contribution in [0.3, 0.4) is 0 Å². The van der Waals surface area contributed by atoms with Crippen molar-refractivity contribution < 1.29 is 13.2 Å². The van der Waals surface area contributed by atoms with E-state index in [-0.39, 0.29) is 12.5 Å². The van der Waals surface area contributed by atoms with Crippen LogP contribution in [0, 0.1) is 0 Å². The number of halogens is 2. The molecular weight excluding hydrogens is 420 g/mol. The van der Waals surface area contributed by atoms with E-state index in [1.165, 1.54) is 11.3 Å². The fraction of sp³-hybridized carbons (Fsp3) is 0.500. The van der Waals surface area contributed by atoms with Crippen LogP contribution >= 0.6 is 43.2 Å². The monoisotopic (exact) mass is 432 g/mol. The van der Waals surface area contributed by atoms with Gasteiger partial charge in [0, 0.05) is 12.1 Å². The van der Waals surface area contributed by atoms with E-state index in [4.69, 9.17) is 0 Å². The summed E-state index contributed by atoms with van der Waals surface area (Å²) in [5.74, 6) is -0.253. The van der Waals surface area contributed by atoms with Crippen LogP contribution in [0.15, 0.2) is 13.6 Å². The average Bonchev–Trinajstić information content (AvgIpc) is 2.51. The van der Waals surface area contributed by atoms with Crippen LogP contribution in [-0.2, 0) is 10.0 Å². The third kappa shape index (κ3) is 5.90. The quantitative estimate of drug-likeness (QED) is 0.748. The van der Waals surface area contributed by atoms with Crippen LogP contribution in [0.5, 0.6) is 0 Å². The minimum Gasteiger partial charge on any atom is -0.350 e. The highest BCUT2D eigenvalue weighted by Crippen LogP contribution is 2.31. The number of carbonyl (C=O) groups excluding carboxylic acids is 1. The topological polar surface area (TPSA) is 75.3 Å². The molecule has 0 bridgehead atoms. The Hall–Kier alpha value is 0.0400. The summed E-state index contributed by atoms with van der Waals surface area (Å²) in [6.07, 6.45) is 1.09. The summed E-state index contributed by atoms with van der Waals surface area (Å²) < 4.78 is 26.4. The normalized spacial score (nSPS) is 12.5. The molecule has 108 valence electrons. The third-order valence-electron chi connectivity index (χ3n) is 2.05. The number of hydrogen-bond acceptors (Lipinski definition) is 4. The number of sulfonamides is 1. The van der Waals surface area contributed by atoms with Crippen molar-refractivity contribution in [1.29, 1.82) is 0 Å². The van der Waals surface area contributed by atoms with Gasteiger partial charge in [-0.1, -0.05) is 0 Å². The molecule has 0 radical (unpaired) electrons. The zero-order chi connectivity index (χ0) is 14.8. The van der Waals surface area contributed by atoms with Crippen molar-refractivity contribution in [3.63, 3.8) is 0 Å². The van der Waals surface area contributed by atoms with E-state index in [2.05, 4.69) is 41.9 Å². The molecule has 19 heavy (non-hydrogen) atoms. The van der Waals surface area contributed by atoms with Crippen molar-refractivity contribution in [3.05, 3.63) is 19.2 Å². The lowest BCUT2D eigenvalue weighted by molar-refractivity contribution is 0.0944. The van der Waals surface area contributed by atoms with Gasteiger partial charge in [0.2, 0.25) is 10.0 Å². The summed E-state index contributed by atoms with van der Waals surface area (Å²) in [5, 5.41) is 2.71. The minimum atomic E-state index is -3.31. The Morgan fingerprint density at radius 2 is 2.00 bits per heavy atom. The van der Waals surface area contributed by atoms with E-state index in [9.17, 15) is 13.2 Å². The van der Waals surface area contributed by atoms with Crippen molar-refractivity contribution in [2.75, 3.05) is 12.8 Å². The molecule has 0 fully saturated rings. The van der Waals surface area contributed by atoms with Gasteiger partial charge < -0.3 is 5.32 Å². The Labute approximate surface area is 133 Å². The second kappa shape index (κ2) is 6.21. The molecule has 0 unspecified atom stereocenters. The van der Waals surface area contributed by atoms with Crippen LogP contribution < -0.4 is 10.0 Å². The molecule has 0 saturated carbocycles. The van der Waals surface area contributed by atoms with E-state index >= 15 is 0 Å². The molecule has 0 aliphatic heterocycles. The van der Waals surface area contributed by atoms with Gasteiger partial charge >= 0.3 is 0 Å². The van der Waals surface area contributed by atoms with Crippen LogP contribution in [0.1, 0.15) is 24.2 Å². The fourth-order valence-electron chi connectivity index (χ4n) is 1.43. The Morgan fingerprint density at radius 1 is 1.42 bits per heavy atom. The molecule has 0 spiro atoms. The minimum absolute atomic E-state index is 0.193. The maximum Gasteiger partial charge on any atom is 0.253 e. The molecular formula is C10H14Br2N2O3S2. The SMILES string of the molecule is CC(C)(CNC(=O)c1cc(Br)sc1Br)NS(C)(=O)=O. The van der Waals surface area contributed by atoms with Crippen LogP contribution in [0.4, 0.5) is 0 Å². The number of carbonyl (C=O) groups is 1. The number of thiophene rings is 1. The molecule has 1 aromatic rings. The first-order valence-electron chi connectivity index (χ1n) is 5.22. The first kappa shape index (κ1) is 17.1. The zero-order valence-corrected chi connectivity index (χ0v) is 15.4. The third-order valence-corrected chi connectivity index (χ3v) is 5.32. The molecule has 2 N–H and O–H groups in total. The van der Waals surface area contributed by atoms with Gasteiger partial charge in [0.1, 0.15) is 0 Å². The van der Waals surface area contributed by atoms with Crippen LogP contribution in [0.25, 0.3) is 0 Å². The summed E-state index contributed by atoms with van der Waals surface area (Å²) in [6, 6.07) is 1.71. The lowest BCUT2D eigenvalue weighted by Crippen LogP contribution is -2.51. The van der Waals surface area contributed by atoms with Gasteiger partial charge in [0.05, 0.1) is 19.4 Å². The van der Waals surface area contributed by atoms with Gasteiger partial charge in [0.15, 0.2) is 0 Å². The Bertz CT molecular complexity index is 582. The van der Waals surface area contributed by atoms with Gasteiger partial charge in [-0.3, -0.25) is 4.79 Å². The van der Waals surface area contributed by atoms with E-state index < -0.39 is 15.6 Å². The summed E-state index contributed by atoms with van der Waals surface area (Å²) in [5.41, 5.74) is -0.227. The predicted molar refractivity (Wildman–Crippen MR) is 84.1 cm³/mol. The van der Waals surface area contributed by atoms with Crippen molar-refractivity contribution in [3.8, 4) is 0 Å². The average molecular weight is 434 g/mol. The predicted octanol–water partition coefficient (Wildman–Crippen LogP) is 2.33. The number of hydrogen-bond donors (Lipinski definition) is 2. The van der Waals surface area contributed by atoms with Crippen molar-refractivity contribution in [2.45, 2.75) is 19.4 Å². The van der Waals surface area contributed by atoms with Gasteiger partial charge in [-0.25, -0.2) is 13.1 Å². The fourth-order valence-corrected chi connectivity index (χ4v) is 5.30. The molecule has 5 nitrogen and oxygen atoms in total. The molecule has 9 heteroatoms. The highest BCUT2D eigenvalue weighted by molar-refractivity contribution is 9.12. The highest BCUT2D eigenvalue weighted by atomic mass is 79.9. The lowest BCUT2D eigenvalue weighted by atomic mass is 10.1. The highest BCUT2D eigenvalue weighted by Gasteiger charge is 2.23. The van der Waals surface area contributed by atoms with E-state index in [1.54, 1.807) is 19.9 Å². The van der Waals surface area contributed by atoms with E-state index in [1.807, 2.05) is 0 Å². The first-order valence-corrected chi connectivity index (χ1v) is 9.51. The second-order valence-corrected chi connectivity index (χ2v) is 10.2. The van der Waals surface area contributed by atoms with E-state index in [0.717, 1.165) is 13.8 Å². The Balaban J connectivity index is 2.67. The van der Waals surface area contributed by atoms with Crippen LogP contribution in [0.2, 0.25) is 0 Å². The lowest BCUT2D eigenvalue weighted by Gasteiger charge is -2.25. The van der Waals surface area contributed by atoms with Crippen LogP contribution in [-0.4, -0.2) is 32.7 Å². The van der Waals surface area contributed by atoms with Crippen molar-refractivity contribution in [2.24, 2.45) is 0 Å². The number of nitrogens with one attached hydrogen (secondary N) is 2. The van der Waals surface area contributed by atoms with Gasteiger partial charge in [-0.15, -0.1) is 11.3 Å². The largest absolute Gasteiger partial charge is 0.350 e. The van der Waals surface area contributed by atoms with Gasteiger partial charge in [-0.2, -0.15) is 0 Å². The summed E-state index contributed by atoms with van der Waals surface area (Å²) in [7, 11) is -3.31.